The number of carbonyl (C=O) groups is 2. The van der Waals surface area contributed by atoms with Crippen molar-refractivity contribution >= 4 is 34.0 Å². The molecular weight excluding hydrogens is 360 g/mol. The molecule has 1 aliphatic rings. The molecule has 0 atom stereocenters. The van der Waals surface area contributed by atoms with E-state index in [2.05, 4.69) is 10.3 Å². The Morgan fingerprint density at radius 2 is 1.45 bits per heavy atom. The van der Waals surface area contributed by atoms with Crippen molar-refractivity contribution in [1.29, 1.82) is 0 Å². The van der Waals surface area contributed by atoms with Gasteiger partial charge in [0.05, 0.1) is 5.69 Å². The molecule has 1 heterocycles. The lowest BCUT2D eigenvalue weighted by molar-refractivity contribution is 0.0975. The van der Waals surface area contributed by atoms with Gasteiger partial charge in [-0.05, 0) is 29.7 Å². The molecule has 0 radical (unpaired) electrons. The number of nitrogens with one attached hydrogen (secondary N) is 1. The Kier molecular flexibility index (Phi) is 4.03. The highest BCUT2D eigenvalue weighted by Gasteiger charge is 2.26. The lowest BCUT2D eigenvalue weighted by Crippen LogP contribution is -2.35. The summed E-state index contributed by atoms with van der Waals surface area (Å²) in [5, 5.41) is 4.40. The average molecular weight is 376 g/mol. The molecule has 0 saturated carbocycles. The minimum absolute atomic E-state index is 0.0678. The molecule has 0 unspecified atom stereocenters. The van der Waals surface area contributed by atoms with Gasteiger partial charge < -0.3 is 5.32 Å². The molecule has 0 spiro atoms. The summed E-state index contributed by atoms with van der Waals surface area (Å²) in [5.74, 6) is 0.201. The maximum absolute atomic E-state index is 13.1. The van der Waals surface area contributed by atoms with Crippen molar-refractivity contribution in [2.24, 2.45) is 4.99 Å². The molecule has 1 aliphatic heterocycles. The summed E-state index contributed by atoms with van der Waals surface area (Å²) in [6.07, 6.45) is 0. The van der Waals surface area contributed by atoms with Crippen LogP contribution in [0.4, 0.5) is 5.69 Å². The Morgan fingerprint density at radius 1 is 0.724 bits per heavy atom. The zero-order valence-corrected chi connectivity index (χ0v) is 15.4. The minimum atomic E-state index is -0.220. The van der Waals surface area contributed by atoms with Crippen molar-refractivity contribution in [3.63, 3.8) is 0 Å². The molecule has 29 heavy (non-hydrogen) atoms. The number of hydrogen-bond donors (Lipinski definition) is 1. The van der Waals surface area contributed by atoms with E-state index < -0.39 is 0 Å². The first-order chi connectivity index (χ1) is 14.2. The van der Waals surface area contributed by atoms with Crippen molar-refractivity contribution in [3.8, 4) is 0 Å². The summed E-state index contributed by atoms with van der Waals surface area (Å²) in [6.45, 7) is 0. The van der Waals surface area contributed by atoms with Crippen LogP contribution in [-0.2, 0) is 0 Å². The third-order valence-electron chi connectivity index (χ3n) is 5.05. The first-order valence-corrected chi connectivity index (χ1v) is 9.33. The van der Waals surface area contributed by atoms with Gasteiger partial charge in [-0.1, -0.05) is 66.7 Å². The van der Waals surface area contributed by atoms with E-state index in [4.69, 9.17) is 0 Å². The average Bonchev–Trinajstić information content (AvgIpc) is 2.77. The second-order valence-electron chi connectivity index (χ2n) is 6.83. The van der Waals surface area contributed by atoms with E-state index in [-0.39, 0.29) is 11.7 Å². The van der Waals surface area contributed by atoms with E-state index in [1.807, 2.05) is 66.7 Å². The molecule has 0 aliphatic carbocycles. The van der Waals surface area contributed by atoms with Crippen molar-refractivity contribution in [2.75, 3.05) is 0 Å². The zero-order chi connectivity index (χ0) is 19.8. The smallest absolute Gasteiger partial charge is 0.257 e. The molecule has 0 aromatic heterocycles. The lowest BCUT2D eigenvalue weighted by Gasteiger charge is -2.21. The fourth-order valence-corrected chi connectivity index (χ4v) is 3.70. The van der Waals surface area contributed by atoms with Gasteiger partial charge in [0.15, 0.2) is 5.78 Å². The van der Waals surface area contributed by atoms with Gasteiger partial charge in [-0.2, -0.15) is 0 Å². The molecule has 0 saturated heterocycles. The number of ketones is 1. The van der Waals surface area contributed by atoms with E-state index in [1.165, 1.54) is 0 Å². The highest BCUT2D eigenvalue weighted by molar-refractivity contribution is 6.30. The van der Waals surface area contributed by atoms with Crippen molar-refractivity contribution in [2.45, 2.75) is 0 Å². The molecule has 0 fully saturated rings. The van der Waals surface area contributed by atoms with E-state index in [1.54, 1.807) is 24.3 Å². The number of nitrogens with zero attached hydrogens (tertiary/aromatic N) is 1. The molecule has 1 amide bonds. The summed E-state index contributed by atoms with van der Waals surface area (Å²) in [5.41, 5.74) is 3.30. The second-order valence-corrected chi connectivity index (χ2v) is 6.83. The van der Waals surface area contributed by atoms with E-state index in [0.717, 1.165) is 22.0 Å². The summed E-state index contributed by atoms with van der Waals surface area (Å²) in [4.78, 5) is 30.5. The predicted molar refractivity (Wildman–Crippen MR) is 114 cm³/mol. The van der Waals surface area contributed by atoms with Crippen LogP contribution >= 0.6 is 0 Å². The number of aliphatic imine (C=N–C) groups is 1. The van der Waals surface area contributed by atoms with Gasteiger partial charge in [-0.25, -0.2) is 4.99 Å². The van der Waals surface area contributed by atoms with Gasteiger partial charge in [-0.15, -0.1) is 0 Å². The molecule has 0 bridgehead atoms. The largest absolute Gasteiger partial charge is 0.306 e. The standard InChI is InChI=1S/C25H16N2O2/c28-23(16-8-3-1-4-9-16)19-14-15-21-22-18(19)12-7-13-20(22)24(27-25(21)29)26-17-10-5-2-6-11-17/h1-15H,(H,26,27,29). The third-order valence-corrected chi connectivity index (χ3v) is 5.05. The van der Waals surface area contributed by atoms with Crippen LogP contribution in [-0.4, -0.2) is 17.5 Å². The fourth-order valence-electron chi connectivity index (χ4n) is 3.70. The predicted octanol–water partition coefficient (Wildman–Crippen LogP) is 4.89. The van der Waals surface area contributed by atoms with Gasteiger partial charge in [0.1, 0.15) is 5.84 Å². The van der Waals surface area contributed by atoms with Crippen LogP contribution in [0.2, 0.25) is 0 Å². The summed E-state index contributed by atoms with van der Waals surface area (Å²) >= 11 is 0. The van der Waals surface area contributed by atoms with Crippen LogP contribution in [0.25, 0.3) is 10.8 Å². The zero-order valence-electron chi connectivity index (χ0n) is 15.4. The van der Waals surface area contributed by atoms with Gasteiger partial charge in [0.25, 0.3) is 5.91 Å². The first-order valence-electron chi connectivity index (χ1n) is 9.33. The molecule has 4 nitrogen and oxygen atoms in total. The summed E-state index contributed by atoms with van der Waals surface area (Å²) in [6, 6.07) is 27.8. The van der Waals surface area contributed by atoms with Crippen LogP contribution in [0.3, 0.4) is 0 Å². The molecule has 4 heteroatoms. The van der Waals surface area contributed by atoms with Crippen LogP contribution in [0.15, 0.2) is 96.0 Å². The highest BCUT2D eigenvalue weighted by atomic mass is 16.1. The van der Waals surface area contributed by atoms with Gasteiger partial charge in [-0.3, -0.25) is 9.59 Å². The molecule has 5 rings (SSSR count). The number of rotatable bonds is 3. The van der Waals surface area contributed by atoms with Crippen LogP contribution in [0, 0.1) is 0 Å². The van der Waals surface area contributed by atoms with Crippen molar-refractivity contribution < 1.29 is 9.59 Å². The van der Waals surface area contributed by atoms with Crippen LogP contribution < -0.4 is 5.32 Å². The second kappa shape index (κ2) is 6.84. The molecule has 4 aromatic rings. The number of carbonyl (C=O) groups excluding carboxylic acids is 2. The number of amides is 1. The Hall–Kier alpha value is -4.05. The topological polar surface area (TPSA) is 58.5 Å². The third kappa shape index (κ3) is 2.91. The van der Waals surface area contributed by atoms with Crippen molar-refractivity contribution in [3.05, 3.63) is 113 Å². The summed E-state index contributed by atoms with van der Waals surface area (Å²) < 4.78 is 0. The van der Waals surface area contributed by atoms with E-state index in [0.29, 0.717) is 22.5 Å². The number of hydrogen-bond acceptors (Lipinski definition) is 3. The fraction of sp³-hybridized carbons (Fsp3) is 0. The lowest BCUT2D eigenvalue weighted by atomic mass is 9.89. The van der Waals surface area contributed by atoms with Crippen LogP contribution in [0.5, 0.6) is 0 Å². The van der Waals surface area contributed by atoms with Crippen molar-refractivity contribution in [1.82, 2.24) is 5.32 Å². The van der Waals surface area contributed by atoms with Crippen LogP contribution in [0.1, 0.15) is 31.8 Å². The molecular formula is C25H16N2O2. The highest BCUT2D eigenvalue weighted by Crippen LogP contribution is 2.31. The van der Waals surface area contributed by atoms with Gasteiger partial charge in [0.2, 0.25) is 0 Å². The Bertz CT molecular complexity index is 1290. The molecule has 1 N–H and O–H groups in total. The van der Waals surface area contributed by atoms with Gasteiger partial charge >= 0.3 is 0 Å². The Labute approximate surface area is 167 Å². The monoisotopic (exact) mass is 376 g/mol. The Morgan fingerprint density at radius 3 is 2.21 bits per heavy atom. The quantitative estimate of drug-likeness (QED) is 0.518. The van der Waals surface area contributed by atoms with E-state index in [9.17, 15) is 9.59 Å². The SMILES string of the molecule is O=C(c1ccccc1)c1ccc2c3c(cccc13)C(=Nc1ccccc1)NC2=O. The maximum Gasteiger partial charge on any atom is 0.257 e. The number of para-hydroxylation sites is 1. The first kappa shape index (κ1) is 17.1. The molecule has 138 valence electrons. The number of benzene rings is 4. The number of amidine groups is 1. The van der Waals surface area contributed by atoms with Gasteiger partial charge in [0, 0.05) is 27.6 Å². The normalized spacial score (nSPS) is 14.1. The Balaban J connectivity index is 1.73. The maximum atomic E-state index is 13.1. The van der Waals surface area contributed by atoms with E-state index >= 15 is 0 Å². The summed E-state index contributed by atoms with van der Waals surface area (Å²) in [7, 11) is 0. The molecule has 4 aromatic carbocycles. The minimum Gasteiger partial charge on any atom is -0.306 e.